The van der Waals surface area contributed by atoms with Crippen LogP contribution in [0.2, 0.25) is 0 Å². The van der Waals surface area contributed by atoms with Crippen molar-refractivity contribution in [2.45, 2.75) is 13.1 Å². The van der Waals surface area contributed by atoms with Crippen LogP contribution >= 0.6 is 0 Å². The summed E-state index contributed by atoms with van der Waals surface area (Å²) in [6.07, 6.45) is -4.67. The average Bonchev–Trinajstić information content (AvgIpc) is 2.42. The van der Waals surface area contributed by atoms with Crippen LogP contribution in [-0.4, -0.2) is 4.98 Å². The molecule has 0 aliphatic heterocycles. The Morgan fingerprint density at radius 2 is 1.88 bits per heavy atom. The van der Waals surface area contributed by atoms with Gasteiger partial charge in [-0.2, -0.15) is 13.2 Å². The topological polar surface area (TPSA) is 41.8 Å². The molecular formula is C10H8F4N2. The van der Waals surface area contributed by atoms with Crippen molar-refractivity contribution in [3.63, 3.8) is 0 Å². The van der Waals surface area contributed by atoms with Gasteiger partial charge in [-0.25, -0.2) is 4.39 Å². The van der Waals surface area contributed by atoms with Crippen LogP contribution in [0.1, 0.15) is 11.3 Å². The Morgan fingerprint density at radius 3 is 2.44 bits per heavy atom. The molecule has 0 aliphatic rings. The van der Waals surface area contributed by atoms with Crippen molar-refractivity contribution in [2.75, 3.05) is 5.73 Å². The summed E-state index contributed by atoms with van der Waals surface area (Å²) < 4.78 is 51.7. The highest BCUT2D eigenvalue weighted by atomic mass is 19.4. The Kier molecular flexibility index (Phi) is 2.11. The Morgan fingerprint density at radius 1 is 1.25 bits per heavy atom. The van der Waals surface area contributed by atoms with E-state index in [1.165, 1.54) is 13.0 Å². The van der Waals surface area contributed by atoms with Crippen molar-refractivity contribution in [3.05, 3.63) is 29.2 Å². The van der Waals surface area contributed by atoms with Crippen molar-refractivity contribution in [3.8, 4) is 0 Å². The molecular weight excluding hydrogens is 224 g/mol. The number of nitrogen functional groups attached to an aromatic ring is 1. The van der Waals surface area contributed by atoms with E-state index in [-0.39, 0.29) is 11.2 Å². The first-order valence-corrected chi connectivity index (χ1v) is 4.46. The van der Waals surface area contributed by atoms with Crippen LogP contribution in [0.4, 0.5) is 23.2 Å². The Bertz CT molecular complexity index is 554. The molecule has 0 unspecified atom stereocenters. The van der Waals surface area contributed by atoms with E-state index in [1.54, 1.807) is 0 Å². The molecule has 0 bridgehead atoms. The van der Waals surface area contributed by atoms with Gasteiger partial charge in [-0.3, -0.25) is 0 Å². The predicted octanol–water partition coefficient (Wildman–Crippen LogP) is 3.22. The molecule has 0 aliphatic carbocycles. The van der Waals surface area contributed by atoms with Crippen LogP contribution in [0.5, 0.6) is 0 Å². The lowest BCUT2D eigenvalue weighted by molar-refractivity contribution is -0.135. The second-order valence-corrected chi connectivity index (χ2v) is 3.51. The summed E-state index contributed by atoms with van der Waals surface area (Å²) in [6.45, 7) is 1.37. The normalized spacial score (nSPS) is 12.3. The van der Waals surface area contributed by atoms with Gasteiger partial charge in [0.1, 0.15) is 0 Å². The van der Waals surface area contributed by atoms with Crippen molar-refractivity contribution >= 4 is 16.6 Å². The largest absolute Gasteiger partial charge is 0.419 e. The van der Waals surface area contributed by atoms with Gasteiger partial charge in [0.15, 0.2) is 5.82 Å². The third kappa shape index (κ3) is 1.41. The molecule has 16 heavy (non-hydrogen) atoms. The number of aromatic nitrogens is 1. The quantitative estimate of drug-likeness (QED) is 0.531. The van der Waals surface area contributed by atoms with Crippen LogP contribution in [-0.2, 0) is 6.18 Å². The van der Waals surface area contributed by atoms with Gasteiger partial charge >= 0.3 is 6.18 Å². The molecule has 1 heterocycles. The van der Waals surface area contributed by atoms with Gasteiger partial charge in [-0.05, 0) is 19.1 Å². The second kappa shape index (κ2) is 3.13. The van der Waals surface area contributed by atoms with Gasteiger partial charge in [0.25, 0.3) is 0 Å². The SMILES string of the molecule is Cc1[nH]c2ccc(N)c(C(F)(F)F)c2c1F. The first-order valence-electron chi connectivity index (χ1n) is 4.46. The summed E-state index contributed by atoms with van der Waals surface area (Å²) >= 11 is 0. The number of anilines is 1. The third-order valence-corrected chi connectivity index (χ3v) is 2.39. The Balaban J connectivity index is 2.94. The number of nitrogens with two attached hydrogens (primary N) is 1. The second-order valence-electron chi connectivity index (χ2n) is 3.51. The molecule has 0 spiro atoms. The maximum atomic E-state index is 13.5. The fourth-order valence-corrected chi connectivity index (χ4v) is 1.70. The number of H-pyrrole nitrogens is 1. The minimum Gasteiger partial charge on any atom is -0.398 e. The molecule has 1 aromatic heterocycles. The zero-order valence-corrected chi connectivity index (χ0v) is 8.24. The standard InChI is InChI=1S/C10H8F4N2/c1-4-9(11)7-6(16-4)3-2-5(15)8(7)10(12,13)14/h2-3,16H,15H2,1H3. The minimum absolute atomic E-state index is 0.0612. The number of alkyl halides is 3. The summed E-state index contributed by atoms with van der Waals surface area (Å²) in [5.41, 5.74) is 3.81. The fourth-order valence-electron chi connectivity index (χ4n) is 1.70. The van der Waals surface area contributed by atoms with E-state index in [9.17, 15) is 17.6 Å². The minimum atomic E-state index is -4.67. The highest BCUT2D eigenvalue weighted by molar-refractivity contribution is 5.89. The van der Waals surface area contributed by atoms with Gasteiger partial charge in [0.2, 0.25) is 0 Å². The molecule has 86 valence electrons. The van der Waals surface area contributed by atoms with Gasteiger partial charge in [-0.15, -0.1) is 0 Å². The maximum Gasteiger partial charge on any atom is 0.419 e. The smallest absolute Gasteiger partial charge is 0.398 e. The number of halogens is 4. The lowest BCUT2D eigenvalue weighted by atomic mass is 10.1. The molecule has 3 N–H and O–H groups in total. The lowest BCUT2D eigenvalue weighted by Crippen LogP contribution is -2.09. The van der Waals surface area contributed by atoms with E-state index in [4.69, 9.17) is 5.73 Å². The monoisotopic (exact) mass is 232 g/mol. The van der Waals surface area contributed by atoms with E-state index < -0.39 is 28.6 Å². The molecule has 6 heteroatoms. The number of nitrogens with one attached hydrogen (secondary N) is 1. The van der Waals surface area contributed by atoms with Crippen LogP contribution in [0.15, 0.2) is 12.1 Å². The van der Waals surface area contributed by atoms with Crippen molar-refractivity contribution in [1.82, 2.24) is 4.98 Å². The number of benzene rings is 1. The van der Waals surface area contributed by atoms with E-state index >= 15 is 0 Å². The molecule has 2 aromatic rings. The molecule has 1 aromatic carbocycles. The first-order chi connectivity index (χ1) is 7.32. The highest BCUT2D eigenvalue weighted by Gasteiger charge is 2.36. The van der Waals surface area contributed by atoms with Crippen molar-refractivity contribution < 1.29 is 17.6 Å². The zero-order chi connectivity index (χ0) is 12.1. The lowest BCUT2D eigenvalue weighted by Gasteiger charge is -2.11. The number of hydrogen-bond acceptors (Lipinski definition) is 1. The summed E-state index contributed by atoms with van der Waals surface area (Å²) in [6, 6.07) is 2.44. The highest BCUT2D eigenvalue weighted by Crippen LogP contribution is 2.40. The summed E-state index contributed by atoms with van der Waals surface area (Å²) in [4.78, 5) is 2.54. The average molecular weight is 232 g/mol. The third-order valence-electron chi connectivity index (χ3n) is 2.39. The summed E-state index contributed by atoms with van der Waals surface area (Å²) in [5, 5.41) is -0.495. The van der Waals surface area contributed by atoms with Crippen molar-refractivity contribution in [2.24, 2.45) is 0 Å². The fraction of sp³-hybridized carbons (Fsp3) is 0.200. The molecule has 0 atom stereocenters. The number of aryl methyl sites for hydroxylation is 1. The molecule has 0 amide bonds. The summed E-state index contributed by atoms with van der Waals surface area (Å²) in [7, 11) is 0. The van der Waals surface area contributed by atoms with E-state index in [0.29, 0.717) is 0 Å². The molecule has 0 fully saturated rings. The molecule has 0 saturated heterocycles. The molecule has 0 radical (unpaired) electrons. The predicted molar refractivity (Wildman–Crippen MR) is 52.4 cm³/mol. The number of fused-ring (bicyclic) bond motifs is 1. The Labute approximate surface area is 88.1 Å². The van der Waals surface area contributed by atoms with Crippen molar-refractivity contribution in [1.29, 1.82) is 0 Å². The van der Waals surface area contributed by atoms with E-state index in [1.807, 2.05) is 0 Å². The van der Waals surface area contributed by atoms with Gasteiger partial charge in [0, 0.05) is 22.3 Å². The Hall–Kier alpha value is -1.72. The summed E-state index contributed by atoms with van der Waals surface area (Å²) in [5.74, 6) is -0.908. The molecule has 2 rings (SSSR count). The van der Waals surface area contributed by atoms with Gasteiger partial charge < -0.3 is 10.7 Å². The molecule has 2 nitrogen and oxygen atoms in total. The molecule has 0 saturated carbocycles. The van der Waals surface area contributed by atoms with E-state index in [2.05, 4.69) is 4.98 Å². The number of rotatable bonds is 0. The van der Waals surface area contributed by atoms with Crippen LogP contribution in [0.3, 0.4) is 0 Å². The first kappa shape index (κ1) is 10.8. The zero-order valence-electron chi connectivity index (χ0n) is 8.24. The van der Waals surface area contributed by atoms with Gasteiger partial charge in [0.05, 0.1) is 5.56 Å². The maximum absolute atomic E-state index is 13.5. The number of hydrogen-bond donors (Lipinski definition) is 2. The van der Waals surface area contributed by atoms with Crippen LogP contribution < -0.4 is 5.73 Å². The van der Waals surface area contributed by atoms with Crippen LogP contribution in [0.25, 0.3) is 10.9 Å². The van der Waals surface area contributed by atoms with Crippen LogP contribution in [0, 0.1) is 12.7 Å². The van der Waals surface area contributed by atoms with Gasteiger partial charge in [-0.1, -0.05) is 0 Å². The number of aromatic amines is 1. The van der Waals surface area contributed by atoms with E-state index in [0.717, 1.165) is 6.07 Å².